The molecule has 1 aromatic heterocycles. The molecule has 0 saturated carbocycles. The van der Waals surface area contributed by atoms with Crippen LogP contribution < -0.4 is 16.0 Å². The first kappa shape index (κ1) is 15.0. The highest BCUT2D eigenvalue weighted by atomic mass is 32.2. The smallest absolute Gasteiger partial charge is 0.243 e. The van der Waals surface area contributed by atoms with Gasteiger partial charge < -0.3 is 0 Å². The predicted octanol–water partition coefficient (Wildman–Crippen LogP) is -1.19. The Morgan fingerprint density at radius 1 is 1.39 bits per heavy atom. The highest BCUT2D eigenvalue weighted by molar-refractivity contribution is 7.89. The van der Waals surface area contributed by atoms with Gasteiger partial charge in [0.1, 0.15) is 4.90 Å². The predicted molar refractivity (Wildman–Crippen MR) is 68.6 cm³/mol. The first-order valence-corrected chi connectivity index (χ1v) is 8.25. The molecule has 10 heteroatoms. The average Bonchev–Trinajstić information content (AvgIpc) is 2.34. The Morgan fingerprint density at radius 2 is 2.00 bits per heavy atom. The van der Waals surface area contributed by atoms with Gasteiger partial charge in [-0.25, -0.2) is 29.0 Å². The molecule has 0 saturated heterocycles. The normalized spacial score (nSPS) is 13.2. The molecule has 0 aliphatic rings. The minimum absolute atomic E-state index is 0.0425. The van der Waals surface area contributed by atoms with Crippen LogP contribution in [0.5, 0.6) is 0 Å². The highest BCUT2D eigenvalue weighted by Gasteiger charge is 2.14. The van der Waals surface area contributed by atoms with Crippen LogP contribution in [-0.2, 0) is 20.8 Å². The first-order valence-electron chi connectivity index (χ1n) is 5.04. The molecule has 18 heavy (non-hydrogen) atoms. The third kappa shape index (κ3) is 4.64. The molecule has 1 rings (SSSR count). The Bertz CT molecular complexity index is 502. The van der Waals surface area contributed by atoms with E-state index in [4.69, 9.17) is 5.84 Å². The molecule has 0 aliphatic heterocycles. The van der Waals surface area contributed by atoms with Crippen LogP contribution in [0.15, 0.2) is 17.3 Å². The Labute approximate surface area is 108 Å². The highest BCUT2D eigenvalue weighted by Crippen LogP contribution is 2.06. The maximum atomic E-state index is 11.8. The van der Waals surface area contributed by atoms with Crippen molar-refractivity contribution in [1.82, 2.24) is 14.7 Å². The second-order valence-electron chi connectivity index (χ2n) is 3.42. The zero-order valence-electron chi connectivity index (χ0n) is 9.79. The first-order chi connectivity index (χ1) is 8.45. The zero-order chi connectivity index (χ0) is 13.6. The number of hydrogen-bond acceptors (Lipinski definition) is 7. The Kier molecular flexibility index (Phi) is 5.59. The summed E-state index contributed by atoms with van der Waals surface area (Å²) in [5.41, 5.74) is 2.20. The molecule has 0 spiro atoms. The van der Waals surface area contributed by atoms with Crippen LogP contribution in [0.25, 0.3) is 0 Å². The van der Waals surface area contributed by atoms with E-state index in [0.29, 0.717) is 12.2 Å². The van der Waals surface area contributed by atoms with Crippen molar-refractivity contribution >= 4 is 26.8 Å². The fraction of sp³-hybridized carbons (Fsp3) is 0.500. The molecule has 0 bridgehead atoms. The summed E-state index contributed by atoms with van der Waals surface area (Å²) in [5.74, 6) is 5.65. The molecule has 0 aliphatic carbocycles. The fourth-order valence-electron chi connectivity index (χ4n) is 1.09. The molecule has 102 valence electrons. The lowest BCUT2D eigenvalue weighted by Gasteiger charge is -2.06. The lowest BCUT2D eigenvalue weighted by molar-refractivity contribution is 0.579. The van der Waals surface area contributed by atoms with Gasteiger partial charge in [0.15, 0.2) is 0 Å². The quantitative estimate of drug-likeness (QED) is 0.327. The van der Waals surface area contributed by atoms with Gasteiger partial charge >= 0.3 is 0 Å². The number of anilines is 1. The van der Waals surface area contributed by atoms with Crippen molar-refractivity contribution in [2.24, 2.45) is 5.84 Å². The number of nitrogens with zero attached hydrogens (tertiary/aromatic N) is 2. The van der Waals surface area contributed by atoms with Crippen LogP contribution in [0.1, 0.15) is 6.42 Å². The Hall–Kier alpha value is -1.10. The molecule has 0 amide bonds. The second kappa shape index (κ2) is 6.73. The van der Waals surface area contributed by atoms with Crippen molar-refractivity contribution in [3.05, 3.63) is 12.4 Å². The van der Waals surface area contributed by atoms with Gasteiger partial charge in [0.25, 0.3) is 0 Å². The number of nitrogens with two attached hydrogens (primary N) is 1. The van der Waals surface area contributed by atoms with Crippen molar-refractivity contribution in [3.8, 4) is 0 Å². The van der Waals surface area contributed by atoms with Crippen LogP contribution in [0.4, 0.5) is 5.95 Å². The van der Waals surface area contributed by atoms with E-state index in [0.717, 1.165) is 12.4 Å². The van der Waals surface area contributed by atoms with E-state index in [1.165, 1.54) is 0 Å². The summed E-state index contributed by atoms with van der Waals surface area (Å²) < 4.78 is 36.7. The summed E-state index contributed by atoms with van der Waals surface area (Å²) in [4.78, 5) is 7.37. The molecular weight excluding hydrogens is 278 g/mol. The summed E-state index contributed by atoms with van der Waals surface area (Å²) >= 11 is 0. The summed E-state index contributed by atoms with van der Waals surface area (Å²) in [7, 11) is -4.55. The van der Waals surface area contributed by atoms with Gasteiger partial charge in [0.2, 0.25) is 16.0 Å². The van der Waals surface area contributed by atoms with Crippen LogP contribution >= 0.6 is 0 Å². The maximum Gasteiger partial charge on any atom is 0.243 e. The van der Waals surface area contributed by atoms with Gasteiger partial charge in [-0.15, -0.1) is 0 Å². The lowest BCUT2D eigenvalue weighted by atomic mass is 10.5. The largest absolute Gasteiger partial charge is 0.292 e. The van der Waals surface area contributed by atoms with Crippen molar-refractivity contribution in [2.75, 3.05) is 24.0 Å². The molecule has 1 atom stereocenters. The topological polar surface area (TPSA) is 127 Å². The minimum atomic E-state index is -3.63. The molecule has 0 radical (unpaired) electrons. The molecule has 0 aromatic carbocycles. The van der Waals surface area contributed by atoms with Gasteiger partial charge in [0.05, 0.1) is 12.4 Å². The van der Waals surface area contributed by atoms with E-state index in [-0.39, 0.29) is 17.4 Å². The molecule has 1 unspecified atom stereocenters. The summed E-state index contributed by atoms with van der Waals surface area (Å²) in [5, 5.41) is 0. The SMILES string of the molecule is CS(=O)CCCNS(=O)(=O)c1cnc(NN)nc1. The number of hydrazine groups is 1. The Balaban J connectivity index is 2.59. The fourth-order valence-corrected chi connectivity index (χ4v) is 2.61. The number of nitrogens with one attached hydrogen (secondary N) is 2. The van der Waals surface area contributed by atoms with Crippen molar-refractivity contribution in [2.45, 2.75) is 11.3 Å². The van der Waals surface area contributed by atoms with Gasteiger partial charge in [-0.05, 0) is 6.42 Å². The number of aromatic nitrogens is 2. The molecule has 8 nitrogen and oxygen atoms in total. The van der Waals surface area contributed by atoms with E-state index >= 15 is 0 Å². The summed E-state index contributed by atoms with van der Waals surface area (Å²) in [6.07, 6.45) is 4.39. The van der Waals surface area contributed by atoms with E-state index in [9.17, 15) is 12.6 Å². The standard InChI is InChI=1S/C8H15N5O3S2/c1-17(14)4-2-3-12-18(15,16)7-5-10-8(13-9)11-6-7/h5-6,12H,2-4,9H2,1H3,(H,10,11,13). The lowest BCUT2D eigenvalue weighted by Crippen LogP contribution is -2.26. The van der Waals surface area contributed by atoms with Gasteiger partial charge in [0, 0.05) is 29.4 Å². The van der Waals surface area contributed by atoms with Crippen LogP contribution in [0.3, 0.4) is 0 Å². The molecular formula is C8H15N5O3S2. The number of hydrogen-bond donors (Lipinski definition) is 3. The molecule has 1 heterocycles. The second-order valence-corrected chi connectivity index (χ2v) is 6.74. The molecule has 4 N–H and O–H groups in total. The van der Waals surface area contributed by atoms with Crippen molar-refractivity contribution in [3.63, 3.8) is 0 Å². The minimum Gasteiger partial charge on any atom is -0.292 e. The van der Waals surface area contributed by atoms with Gasteiger partial charge in [-0.1, -0.05) is 0 Å². The average molecular weight is 293 g/mol. The van der Waals surface area contributed by atoms with Crippen molar-refractivity contribution in [1.29, 1.82) is 0 Å². The summed E-state index contributed by atoms with van der Waals surface area (Å²) in [6, 6.07) is 0. The van der Waals surface area contributed by atoms with E-state index in [1.54, 1.807) is 6.26 Å². The number of nitrogen functional groups attached to an aromatic ring is 1. The van der Waals surface area contributed by atoms with E-state index in [1.807, 2.05) is 0 Å². The van der Waals surface area contributed by atoms with Crippen molar-refractivity contribution < 1.29 is 12.6 Å². The van der Waals surface area contributed by atoms with Gasteiger partial charge in [-0.2, -0.15) is 0 Å². The van der Waals surface area contributed by atoms with Crippen LogP contribution in [0, 0.1) is 0 Å². The zero-order valence-corrected chi connectivity index (χ0v) is 11.4. The van der Waals surface area contributed by atoms with Gasteiger partial charge in [-0.3, -0.25) is 9.63 Å². The third-order valence-corrected chi connectivity index (χ3v) is 4.25. The monoisotopic (exact) mass is 293 g/mol. The molecule has 0 fully saturated rings. The number of sulfonamides is 1. The molecule has 1 aromatic rings. The van der Waals surface area contributed by atoms with E-state index in [2.05, 4.69) is 20.1 Å². The van der Waals surface area contributed by atoms with Crippen LogP contribution in [0.2, 0.25) is 0 Å². The van der Waals surface area contributed by atoms with E-state index < -0.39 is 20.8 Å². The summed E-state index contributed by atoms with van der Waals surface area (Å²) in [6.45, 7) is 0.221. The maximum absolute atomic E-state index is 11.8. The van der Waals surface area contributed by atoms with Crippen LogP contribution in [-0.4, -0.2) is 41.1 Å². The number of rotatable bonds is 7. The Morgan fingerprint density at radius 3 is 2.50 bits per heavy atom. The third-order valence-electron chi connectivity index (χ3n) is 1.97.